The van der Waals surface area contributed by atoms with Crippen molar-refractivity contribution in [1.29, 1.82) is 0 Å². The maximum Gasteiger partial charge on any atom is 0.310 e. The van der Waals surface area contributed by atoms with Crippen molar-refractivity contribution < 1.29 is 59.9 Å². The molecule has 2 saturated heterocycles. The second-order valence-corrected chi connectivity index (χ2v) is 26.3. The Bertz CT molecular complexity index is 2170. The first kappa shape index (κ1) is 52.9. The molecular formula is C56H88N4O12. The third-order valence-corrected chi connectivity index (χ3v) is 23.4. The Morgan fingerprint density at radius 1 is 0.875 bits per heavy atom. The van der Waals surface area contributed by atoms with E-state index in [0.717, 1.165) is 57.1 Å². The standard InChI is InChI=1S/C56H88N4O12/c1-50(28-61)20-22-55(49(69)70)23-21-52(3)33(36(55)25-50)13-14-40-53(52,4)19-16-39-51(2,29-62)46(72-47-45(67)44(66)38(63)27-71-47)43(65)35(56(39,40)31-10-6-5-7-11-31)24-34-42(60-48(68)54(34)17-8-9-18-54)32(12-15-41(57)64)37-26-58-30-59-37/h13,26,30-32,34-36,38-47,61-67H,5-12,14-25,27-29,57H2,1-4H3,(H,58,59)(H,60,68)(H,69,70)/t32-,34+,35+,36+,38-,39-,40+,41+,42+,43-,44+,45-,46-,47+,50+,51+,52-,53-,55+,56+/m1/s1. The van der Waals surface area contributed by atoms with Crippen LogP contribution in [-0.4, -0.2) is 132 Å². The predicted octanol–water partition coefficient (Wildman–Crippen LogP) is 5.03. The summed E-state index contributed by atoms with van der Waals surface area (Å²) in [4.78, 5) is 36.5. The molecule has 16 nitrogen and oxygen atoms in total. The van der Waals surface area contributed by atoms with Crippen LogP contribution in [-0.2, 0) is 19.1 Å². The zero-order valence-electron chi connectivity index (χ0n) is 43.4. The van der Waals surface area contributed by atoms with Crippen LogP contribution < -0.4 is 11.1 Å². The number of allylic oxidation sites excluding steroid dienone is 2. The molecule has 9 aliphatic rings. The third-order valence-electron chi connectivity index (χ3n) is 23.4. The highest BCUT2D eigenvalue weighted by atomic mass is 16.7. The molecule has 72 heavy (non-hydrogen) atoms. The number of aliphatic hydroxyl groups is 7. The van der Waals surface area contributed by atoms with Gasteiger partial charge in [0.15, 0.2) is 6.29 Å². The second-order valence-electron chi connectivity index (χ2n) is 26.3. The molecule has 1 spiro atoms. The third kappa shape index (κ3) is 7.73. The first-order chi connectivity index (χ1) is 34.2. The van der Waals surface area contributed by atoms with Crippen LogP contribution in [0.2, 0.25) is 0 Å². The summed E-state index contributed by atoms with van der Waals surface area (Å²) in [6.45, 7) is 8.36. The number of aromatic nitrogens is 2. The summed E-state index contributed by atoms with van der Waals surface area (Å²) in [5, 5.41) is 95.3. The number of imidazole rings is 1. The summed E-state index contributed by atoms with van der Waals surface area (Å²) >= 11 is 0. The van der Waals surface area contributed by atoms with Crippen molar-refractivity contribution in [3.8, 4) is 0 Å². The molecule has 0 bridgehead atoms. The lowest BCUT2D eigenvalue weighted by molar-refractivity contribution is -0.350. The molecule has 0 radical (unpaired) electrons. The van der Waals surface area contributed by atoms with Gasteiger partial charge in [-0.2, -0.15) is 0 Å². The topological polar surface area (TPSA) is 281 Å². The van der Waals surface area contributed by atoms with E-state index in [1.54, 1.807) is 12.5 Å². The highest BCUT2D eigenvalue weighted by molar-refractivity contribution is 5.86. The number of H-pyrrole nitrogens is 1. The number of aliphatic carboxylic acids is 1. The lowest BCUT2D eigenvalue weighted by Crippen LogP contribution is -2.75. The van der Waals surface area contributed by atoms with Crippen LogP contribution in [0.25, 0.3) is 0 Å². The van der Waals surface area contributed by atoms with Crippen LogP contribution in [0.5, 0.6) is 0 Å². The Labute approximate surface area is 425 Å². The Hall–Kier alpha value is -2.51. The molecule has 20 atom stereocenters. The highest BCUT2D eigenvalue weighted by Crippen LogP contribution is 2.80. The second kappa shape index (κ2) is 19.2. The minimum atomic E-state index is -1.63. The van der Waals surface area contributed by atoms with Gasteiger partial charge in [-0.05, 0) is 153 Å². The summed E-state index contributed by atoms with van der Waals surface area (Å²) in [6.07, 6.45) is 11.0. The van der Waals surface area contributed by atoms with Crippen molar-refractivity contribution >= 4 is 11.9 Å². The van der Waals surface area contributed by atoms with Crippen LogP contribution in [0.3, 0.4) is 0 Å². The number of fused-ring (bicyclic) bond motifs is 7. The van der Waals surface area contributed by atoms with E-state index in [-0.39, 0.29) is 61.2 Å². The van der Waals surface area contributed by atoms with Gasteiger partial charge < -0.3 is 66.4 Å². The van der Waals surface area contributed by atoms with E-state index in [1.165, 1.54) is 5.57 Å². The molecule has 16 heteroatoms. The molecule has 0 unspecified atom stereocenters. The van der Waals surface area contributed by atoms with Crippen molar-refractivity contribution in [2.24, 2.45) is 79.1 Å². The van der Waals surface area contributed by atoms with E-state index in [4.69, 9.17) is 15.2 Å². The van der Waals surface area contributed by atoms with Crippen molar-refractivity contribution in [3.63, 3.8) is 0 Å². The zero-order chi connectivity index (χ0) is 51.4. The van der Waals surface area contributed by atoms with Crippen LogP contribution in [0.1, 0.15) is 168 Å². The van der Waals surface area contributed by atoms with Gasteiger partial charge in [-0.25, -0.2) is 4.98 Å². The van der Waals surface area contributed by atoms with Gasteiger partial charge in [0.1, 0.15) is 24.5 Å². The van der Waals surface area contributed by atoms with Crippen LogP contribution in [0.4, 0.5) is 0 Å². The number of amides is 1. The molecular weight excluding hydrogens is 921 g/mol. The Kier molecular flexibility index (Phi) is 14.1. The fraction of sp³-hybridized carbons (Fsp3) is 0.875. The van der Waals surface area contributed by atoms with Crippen LogP contribution >= 0.6 is 0 Å². The van der Waals surface area contributed by atoms with Gasteiger partial charge in [-0.3, -0.25) is 9.59 Å². The number of carbonyl (C=O) groups excluding carboxylic acids is 1. The van der Waals surface area contributed by atoms with Crippen LogP contribution in [0.15, 0.2) is 24.2 Å². The molecule has 1 amide bonds. The smallest absolute Gasteiger partial charge is 0.310 e. The largest absolute Gasteiger partial charge is 0.481 e. The molecule has 12 N–H and O–H groups in total. The summed E-state index contributed by atoms with van der Waals surface area (Å²) in [6, 6.07) is -0.408. The number of carboxylic acids is 1. The molecule has 1 aromatic rings. The fourth-order valence-electron chi connectivity index (χ4n) is 19.4. The number of ether oxygens (including phenoxy) is 2. The number of nitrogens with zero attached hydrogens (tertiary/aromatic N) is 1. The molecule has 8 fully saturated rings. The van der Waals surface area contributed by atoms with E-state index in [9.17, 15) is 45.6 Å². The minimum Gasteiger partial charge on any atom is -0.481 e. The Balaban J connectivity index is 1.18. The maximum absolute atomic E-state index is 15.0. The number of aromatic amines is 1. The summed E-state index contributed by atoms with van der Waals surface area (Å²) in [5.74, 6) is -2.20. The van der Waals surface area contributed by atoms with Gasteiger partial charge >= 0.3 is 5.97 Å². The van der Waals surface area contributed by atoms with Gasteiger partial charge in [0.25, 0.3) is 0 Å². The number of rotatable bonds is 13. The lowest BCUT2D eigenvalue weighted by Gasteiger charge is -2.76. The van der Waals surface area contributed by atoms with E-state index < -0.39 is 98.9 Å². The molecule has 0 aromatic carbocycles. The van der Waals surface area contributed by atoms with Crippen molar-refractivity contribution in [2.75, 3.05) is 19.8 Å². The maximum atomic E-state index is 15.0. The van der Waals surface area contributed by atoms with Crippen molar-refractivity contribution in [3.05, 3.63) is 29.9 Å². The summed E-state index contributed by atoms with van der Waals surface area (Å²) in [7, 11) is 0. The number of aliphatic hydroxyl groups excluding tert-OH is 7. The Morgan fingerprint density at radius 3 is 2.25 bits per heavy atom. The average Bonchev–Trinajstić information content (AvgIpc) is 4.14. The SMILES string of the molecule is C[C@]1(CO)CC[C@]2(C(=O)O)CC[C@]3(C)C(=CC[C@@H]4[C@]5(C6CCCCC6)[C@H](CC[C@]43C)[C@](C)(CO)[C@H](O[C@@H]3OC[C@@H](O)[C@H](O)[C@H]3O)[C@H](O)[C@@H]5C[C@H]3[C@H]([C@H](CC[C@@H](N)O)c4cnc[nH]4)NC(=O)C34CCCC4)[C@@H]2C1. The van der Waals surface area contributed by atoms with E-state index >= 15 is 4.79 Å². The number of hydrogen-bond acceptors (Lipinski definition) is 13. The zero-order valence-corrected chi connectivity index (χ0v) is 43.4. The average molecular weight is 1010 g/mol. The van der Waals surface area contributed by atoms with E-state index in [0.29, 0.717) is 77.0 Å². The first-order valence-electron chi connectivity index (χ1n) is 28.1. The van der Waals surface area contributed by atoms with Crippen molar-refractivity contribution in [1.82, 2.24) is 15.3 Å². The Morgan fingerprint density at radius 2 is 1.60 bits per heavy atom. The number of hydrogen-bond donors (Lipinski definition) is 11. The van der Waals surface area contributed by atoms with Gasteiger partial charge in [0, 0.05) is 35.9 Å². The number of nitrogens with one attached hydrogen (secondary N) is 2. The highest BCUT2D eigenvalue weighted by Gasteiger charge is 2.76. The van der Waals surface area contributed by atoms with Gasteiger partial charge in [-0.15, -0.1) is 0 Å². The molecule has 7 aliphatic carbocycles. The molecule has 2 aliphatic heterocycles. The number of carbonyl (C=O) groups is 2. The van der Waals surface area contributed by atoms with Crippen molar-refractivity contribution in [2.45, 2.75) is 211 Å². The van der Waals surface area contributed by atoms with E-state index in [2.05, 4.69) is 42.1 Å². The summed E-state index contributed by atoms with van der Waals surface area (Å²) < 4.78 is 12.9. The lowest BCUT2D eigenvalue weighted by atomic mass is 9.29. The molecule has 1 aromatic heterocycles. The minimum absolute atomic E-state index is 0.00435. The van der Waals surface area contributed by atoms with E-state index in [1.807, 2.05) is 6.92 Å². The van der Waals surface area contributed by atoms with Gasteiger partial charge in [0.2, 0.25) is 5.91 Å². The van der Waals surface area contributed by atoms with Gasteiger partial charge in [-0.1, -0.05) is 71.4 Å². The molecule has 3 heterocycles. The molecule has 6 saturated carbocycles. The fourth-order valence-corrected chi connectivity index (χ4v) is 19.4. The summed E-state index contributed by atoms with van der Waals surface area (Å²) in [5.41, 5.74) is 3.49. The van der Waals surface area contributed by atoms with Crippen LogP contribution in [0, 0.1) is 73.4 Å². The quantitative estimate of drug-likeness (QED) is 0.0703. The predicted molar refractivity (Wildman–Crippen MR) is 265 cm³/mol. The monoisotopic (exact) mass is 1010 g/mol. The number of nitrogens with two attached hydrogens (primary N) is 1. The molecule has 10 rings (SSSR count). The molecule has 404 valence electrons. The number of carboxylic acid groups (broad SMARTS) is 1. The normalized spacial score (nSPS) is 47.9. The van der Waals surface area contributed by atoms with Gasteiger partial charge in [0.05, 0.1) is 42.6 Å². The first-order valence-corrected chi connectivity index (χ1v) is 28.1.